The molecule has 1 aliphatic heterocycles. The van der Waals surface area contributed by atoms with Crippen LogP contribution in [0, 0.1) is 0 Å². The summed E-state index contributed by atoms with van der Waals surface area (Å²) < 4.78 is 33.6. The first-order valence-corrected chi connectivity index (χ1v) is 8.02. The molecule has 1 heterocycles. The number of benzene rings is 1. The normalized spacial score (nSPS) is 19.4. The Morgan fingerprint density at radius 1 is 1.50 bits per heavy atom. The van der Waals surface area contributed by atoms with Crippen molar-refractivity contribution in [3.8, 4) is 5.75 Å². The molecule has 1 unspecified atom stereocenters. The SMILES string of the molecule is COc1cccc(CN(C)S(=O)(=O)NC2CCNC2)c1. The standard InChI is InChI=1S/C13H21N3O3S/c1-16(10-11-4-3-5-13(8-11)19-2)20(17,18)15-12-6-7-14-9-12/h3-5,8,12,14-15H,6-7,9-10H2,1-2H3. The van der Waals surface area contributed by atoms with Gasteiger partial charge in [-0.3, -0.25) is 0 Å². The number of methoxy groups -OCH3 is 1. The fourth-order valence-corrected chi connectivity index (χ4v) is 3.29. The van der Waals surface area contributed by atoms with Gasteiger partial charge in [0.05, 0.1) is 7.11 Å². The molecule has 2 rings (SSSR count). The van der Waals surface area contributed by atoms with E-state index in [0.29, 0.717) is 13.1 Å². The average molecular weight is 299 g/mol. The predicted molar refractivity (Wildman–Crippen MR) is 77.8 cm³/mol. The Hall–Kier alpha value is -1.15. The molecule has 0 aromatic heterocycles. The zero-order chi connectivity index (χ0) is 14.6. The Bertz CT molecular complexity index is 542. The molecule has 1 fully saturated rings. The highest BCUT2D eigenvalue weighted by molar-refractivity contribution is 7.87. The van der Waals surface area contributed by atoms with E-state index in [2.05, 4.69) is 10.0 Å². The van der Waals surface area contributed by atoms with Gasteiger partial charge in [-0.05, 0) is 30.7 Å². The molecule has 7 heteroatoms. The van der Waals surface area contributed by atoms with Gasteiger partial charge >= 0.3 is 0 Å². The molecule has 1 saturated heterocycles. The molecule has 6 nitrogen and oxygen atoms in total. The van der Waals surface area contributed by atoms with E-state index in [9.17, 15) is 8.42 Å². The van der Waals surface area contributed by atoms with Crippen molar-refractivity contribution in [1.82, 2.24) is 14.3 Å². The van der Waals surface area contributed by atoms with Gasteiger partial charge in [-0.2, -0.15) is 17.4 Å². The summed E-state index contributed by atoms with van der Waals surface area (Å²) in [5.41, 5.74) is 0.891. The summed E-state index contributed by atoms with van der Waals surface area (Å²) in [6.45, 7) is 1.85. The highest BCUT2D eigenvalue weighted by atomic mass is 32.2. The molecule has 0 amide bonds. The fourth-order valence-electron chi connectivity index (χ4n) is 2.17. The van der Waals surface area contributed by atoms with E-state index >= 15 is 0 Å². The molecule has 20 heavy (non-hydrogen) atoms. The van der Waals surface area contributed by atoms with E-state index in [0.717, 1.165) is 24.3 Å². The van der Waals surface area contributed by atoms with Crippen LogP contribution in [-0.4, -0.2) is 46.0 Å². The first-order chi connectivity index (χ1) is 9.51. The van der Waals surface area contributed by atoms with E-state index in [-0.39, 0.29) is 6.04 Å². The monoisotopic (exact) mass is 299 g/mol. The van der Waals surface area contributed by atoms with Crippen molar-refractivity contribution < 1.29 is 13.2 Å². The largest absolute Gasteiger partial charge is 0.497 e. The third kappa shape index (κ3) is 3.92. The summed E-state index contributed by atoms with van der Waals surface area (Å²) in [5.74, 6) is 0.723. The quantitative estimate of drug-likeness (QED) is 0.794. The molecule has 0 bridgehead atoms. The van der Waals surface area contributed by atoms with Gasteiger partial charge in [-0.25, -0.2) is 0 Å². The maximum absolute atomic E-state index is 12.2. The Kier molecular flexibility index (Phi) is 4.98. The van der Waals surface area contributed by atoms with Crippen molar-refractivity contribution in [1.29, 1.82) is 0 Å². The zero-order valence-electron chi connectivity index (χ0n) is 11.8. The van der Waals surface area contributed by atoms with Crippen LogP contribution in [0.15, 0.2) is 24.3 Å². The van der Waals surface area contributed by atoms with E-state index in [1.807, 2.05) is 24.3 Å². The smallest absolute Gasteiger partial charge is 0.279 e. The van der Waals surface area contributed by atoms with Crippen LogP contribution in [0.3, 0.4) is 0 Å². The van der Waals surface area contributed by atoms with E-state index in [1.165, 1.54) is 4.31 Å². The number of nitrogens with zero attached hydrogens (tertiary/aromatic N) is 1. The summed E-state index contributed by atoms with van der Waals surface area (Å²) in [7, 11) is -0.294. The van der Waals surface area contributed by atoms with Crippen LogP contribution in [0.5, 0.6) is 5.75 Å². The molecule has 1 aromatic rings. The molecule has 0 radical (unpaired) electrons. The van der Waals surface area contributed by atoms with Crippen LogP contribution < -0.4 is 14.8 Å². The number of hydrogen-bond donors (Lipinski definition) is 2. The van der Waals surface area contributed by atoms with E-state index in [1.54, 1.807) is 14.2 Å². The Labute approximate surface area is 120 Å². The van der Waals surface area contributed by atoms with Crippen molar-refractivity contribution in [3.05, 3.63) is 29.8 Å². The number of nitrogens with one attached hydrogen (secondary N) is 2. The van der Waals surface area contributed by atoms with Gasteiger partial charge in [-0.1, -0.05) is 12.1 Å². The lowest BCUT2D eigenvalue weighted by molar-refractivity contribution is 0.411. The van der Waals surface area contributed by atoms with Crippen molar-refractivity contribution in [3.63, 3.8) is 0 Å². The molecular weight excluding hydrogens is 278 g/mol. The molecule has 2 N–H and O–H groups in total. The third-order valence-electron chi connectivity index (χ3n) is 3.33. The molecule has 0 spiro atoms. The minimum atomic E-state index is -3.46. The number of rotatable bonds is 6. The van der Waals surface area contributed by atoms with Gasteiger partial charge in [0.2, 0.25) is 0 Å². The van der Waals surface area contributed by atoms with Gasteiger partial charge in [-0.15, -0.1) is 0 Å². The van der Waals surface area contributed by atoms with E-state index in [4.69, 9.17) is 4.74 Å². The Balaban J connectivity index is 2.00. The van der Waals surface area contributed by atoms with Crippen LogP contribution in [-0.2, 0) is 16.8 Å². The second kappa shape index (κ2) is 6.53. The summed E-state index contributed by atoms with van der Waals surface area (Å²) in [6, 6.07) is 7.38. The maximum atomic E-state index is 12.2. The topological polar surface area (TPSA) is 70.7 Å². The van der Waals surface area contributed by atoms with Gasteiger partial charge in [0, 0.05) is 26.2 Å². The third-order valence-corrected chi connectivity index (χ3v) is 4.91. The molecule has 1 atom stereocenters. The first kappa shape index (κ1) is 15.2. The second-order valence-electron chi connectivity index (χ2n) is 4.92. The second-order valence-corrected chi connectivity index (χ2v) is 6.73. The highest BCUT2D eigenvalue weighted by Crippen LogP contribution is 2.15. The van der Waals surface area contributed by atoms with Crippen molar-refractivity contribution in [2.75, 3.05) is 27.2 Å². The van der Waals surface area contributed by atoms with Gasteiger partial charge in [0.25, 0.3) is 10.2 Å². The minimum absolute atomic E-state index is 0.0206. The van der Waals surface area contributed by atoms with Crippen molar-refractivity contribution >= 4 is 10.2 Å². The van der Waals surface area contributed by atoms with Crippen molar-refractivity contribution in [2.24, 2.45) is 0 Å². The molecule has 0 saturated carbocycles. The fraction of sp³-hybridized carbons (Fsp3) is 0.538. The molecule has 1 aromatic carbocycles. The minimum Gasteiger partial charge on any atom is -0.497 e. The van der Waals surface area contributed by atoms with Crippen LogP contribution in [0.4, 0.5) is 0 Å². The molecule has 0 aliphatic carbocycles. The van der Waals surface area contributed by atoms with Crippen LogP contribution in [0.2, 0.25) is 0 Å². The van der Waals surface area contributed by atoms with Gasteiger partial charge < -0.3 is 10.1 Å². The molecule has 1 aliphatic rings. The lowest BCUT2D eigenvalue weighted by Crippen LogP contribution is -2.44. The van der Waals surface area contributed by atoms with Crippen molar-refractivity contribution in [2.45, 2.75) is 19.0 Å². The zero-order valence-corrected chi connectivity index (χ0v) is 12.6. The average Bonchev–Trinajstić information content (AvgIpc) is 2.91. The Morgan fingerprint density at radius 2 is 2.30 bits per heavy atom. The predicted octanol–water partition coefficient (Wildman–Crippen LogP) is 0.323. The van der Waals surface area contributed by atoms with Gasteiger partial charge in [0.1, 0.15) is 5.75 Å². The lowest BCUT2D eigenvalue weighted by Gasteiger charge is -2.20. The number of ether oxygens (including phenoxy) is 1. The number of hydrogen-bond acceptors (Lipinski definition) is 4. The molecular formula is C13H21N3O3S. The Morgan fingerprint density at radius 3 is 2.95 bits per heavy atom. The summed E-state index contributed by atoms with van der Waals surface area (Å²) >= 11 is 0. The van der Waals surface area contributed by atoms with Gasteiger partial charge in [0.15, 0.2) is 0 Å². The highest BCUT2D eigenvalue weighted by Gasteiger charge is 2.24. The lowest BCUT2D eigenvalue weighted by atomic mass is 10.2. The molecule has 112 valence electrons. The summed E-state index contributed by atoms with van der Waals surface area (Å²) in [5, 5.41) is 3.14. The van der Waals surface area contributed by atoms with Crippen LogP contribution in [0.1, 0.15) is 12.0 Å². The van der Waals surface area contributed by atoms with Crippen LogP contribution in [0.25, 0.3) is 0 Å². The maximum Gasteiger partial charge on any atom is 0.279 e. The van der Waals surface area contributed by atoms with Crippen LogP contribution >= 0.6 is 0 Å². The first-order valence-electron chi connectivity index (χ1n) is 6.58. The summed E-state index contributed by atoms with van der Waals surface area (Å²) in [4.78, 5) is 0. The summed E-state index contributed by atoms with van der Waals surface area (Å²) in [6.07, 6.45) is 0.826. The van der Waals surface area contributed by atoms with E-state index < -0.39 is 10.2 Å².